The highest BCUT2D eigenvalue weighted by atomic mass is 32.2. The number of hydrogen-bond donors (Lipinski definition) is 1. The Morgan fingerprint density at radius 3 is 2.35 bits per heavy atom. The average molecular weight is 330 g/mol. The lowest BCUT2D eigenvalue weighted by Crippen LogP contribution is -2.39. The number of sulfonamides is 1. The fraction of sp³-hybridized carbons (Fsp3) is 0.235. The monoisotopic (exact) mass is 330 g/mol. The molecule has 0 amide bonds. The quantitative estimate of drug-likeness (QED) is 0.937. The van der Waals surface area contributed by atoms with Crippen LogP contribution in [0.15, 0.2) is 64.6 Å². The molecular weight excluding hydrogens is 312 g/mol. The van der Waals surface area contributed by atoms with E-state index >= 15 is 0 Å². The summed E-state index contributed by atoms with van der Waals surface area (Å²) in [7, 11) is -3.73. The van der Waals surface area contributed by atoms with Gasteiger partial charge in [-0.05, 0) is 18.6 Å². The van der Waals surface area contributed by atoms with Gasteiger partial charge in [0.2, 0.25) is 10.0 Å². The van der Waals surface area contributed by atoms with E-state index in [1.165, 1.54) is 0 Å². The summed E-state index contributed by atoms with van der Waals surface area (Å²) in [6, 6.07) is 16.4. The molecule has 23 heavy (non-hydrogen) atoms. The lowest BCUT2D eigenvalue weighted by molar-refractivity contribution is 0.0576. The highest BCUT2D eigenvalue weighted by molar-refractivity contribution is 7.89. The molecule has 1 heterocycles. The Balaban J connectivity index is 1.95. The topological polar surface area (TPSA) is 67.8 Å². The van der Waals surface area contributed by atoms with Crippen molar-refractivity contribution in [1.29, 1.82) is 0 Å². The largest absolute Gasteiger partial charge is 0.375 e. The maximum atomic E-state index is 12.8. The Morgan fingerprint density at radius 1 is 1.04 bits per heavy atom. The van der Waals surface area contributed by atoms with Gasteiger partial charge in [0.1, 0.15) is 0 Å². The number of nitrogens with one attached hydrogen (secondary N) is 1. The second kappa shape index (κ2) is 6.14. The van der Waals surface area contributed by atoms with Gasteiger partial charge in [0, 0.05) is 5.56 Å². The van der Waals surface area contributed by atoms with Crippen molar-refractivity contribution in [2.24, 2.45) is 11.1 Å². The van der Waals surface area contributed by atoms with E-state index in [0.29, 0.717) is 5.56 Å². The molecule has 5 nitrogen and oxygen atoms in total. The summed E-state index contributed by atoms with van der Waals surface area (Å²) >= 11 is 0. The zero-order valence-electron chi connectivity index (χ0n) is 12.9. The second-order valence-electron chi connectivity index (χ2n) is 5.53. The molecule has 1 N–H and O–H groups in total. The first-order chi connectivity index (χ1) is 11.0. The average Bonchev–Trinajstić information content (AvgIpc) is 2.87. The summed E-state index contributed by atoms with van der Waals surface area (Å²) in [4.78, 5) is 5.41. The highest BCUT2D eigenvalue weighted by Gasteiger charge is 2.32. The fourth-order valence-electron chi connectivity index (χ4n) is 2.43. The third-order valence-electron chi connectivity index (χ3n) is 3.96. The van der Waals surface area contributed by atoms with Crippen LogP contribution in [-0.2, 0) is 14.9 Å². The van der Waals surface area contributed by atoms with E-state index in [2.05, 4.69) is 9.88 Å². The maximum absolute atomic E-state index is 12.8. The smallest absolute Gasteiger partial charge is 0.244 e. The molecule has 0 aromatic heterocycles. The van der Waals surface area contributed by atoms with Crippen molar-refractivity contribution in [3.63, 3.8) is 0 Å². The Kier molecular flexibility index (Phi) is 4.19. The summed E-state index contributed by atoms with van der Waals surface area (Å²) < 4.78 is 28.2. The molecule has 2 aromatic rings. The molecule has 0 aliphatic carbocycles. The standard InChI is InChI=1S/C17H18N2O3S/c1-12-13(2)18-22-17(12)19-23(20,21)16-11-7-6-10-15(16)14-8-4-3-5-9-14/h3-12,17,19H,1-2H3. The Hall–Kier alpha value is -2.18. The summed E-state index contributed by atoms with van der Waals surface area (Å²) in [5, 5.41) is 3.85. The van der Waals surface area contributed by atoms with Gasteiger partial charge < -0.3 is 4.84 Å². The van der Waals surface area contributed by atoms with Gasteiger partial charge in [-0.3, -0.25) is 0 Å². The number of oxime groups is 1. The SMILES string of the molecule is CC1=NOC(NS(=O)(=O)c2ccccc2-c2ccccc2)C1C. The van der Waals surface area contributed by atoms with Crippen LogP contribution < -0.4 is 4.72 Å². The molecule has 2 aromatic carbocycles. The van der Waals surface area contributed by atoms with Gasteiger partial charge in [0.15, 0.2) is 6.23 Å². The van der Waals surface area contributed by atoms with Gasteiger partial charge in [-0.25, -0.2) is 8.42 Å². The summed E-state index contributed by atoms with van der Waals surface area (Å²) in [5.41, 5.74) is 2.28. The van der Waals surface area contributed by atoms with E-state index in [9.17, 15) is 8.42 Å². The van der Waals surface area contributed by atoms with Crippen LogP contribution in [0, 0.1) is 5.92 Å². The first-order valence-electron chi connectivity index (χ1n) is 7.36. The molecule has 0 saturated carbocycles. The van der Waals surface area contributed by atoms with E-state index in [0.717, 1.165) is 11.3 Å². The Morgan fingerprint density at radius 2 is 1.70 bits per heavy atom. The van der Waals surface area contributed by atoms with Crippen molar-refractivity contribution in [3.05, 3.63) is 54.6 Å². The molecule has 0 saturated heterocycles. The molecule has 0 fully saturated rings. The predicted molar refractivity (Wildman–Crippen MR) is 89.3 cm³/mol. The van der Waals surface area contributed by atoms with Crippen molar-refractivity contribution in [1.82, 2.24) is 4.72 Å². The van der Waals surface area contributed by atoms with Crippen LogP contribution in [-0.4, -0.2) is 20.4 Å². The van der Waals surface area contributed by atoms with Gasteiger partial charge in [-0.2, -0.15) is 4.72 Å². The van der Waals surface area contributed by atoms with Crippen LogP contribution in [0.25, 0.3) is 11.1 Å². The zero-order chi connectivity index (χ0) is 16.4. The fourth-order valence-corrected chi connectivity index (χ4v) is 3.84. The second-order valence-corrected chi connectivity index (χ2v) is 7.21. The first-order valence-corrected chi connectivity index (χ1v) is 8.84. The minimum absolute atomic E-state index is 0.103. The van der Waals surface area contributed by atoms with Crippen molar-refractivity contribution >= 4 is 15.7 Å². The van der Waals surface area contributed by atoms with Crippen LogP contribution in [0.2, 0.25) is 0 Å². The third-order valence-corrected chi connectivity index (χ3v) is 5.43. The predicted octanol–water partition coefficient (Wildman–Crippen LogP) is 3.00. The van der Waals surface area contributed by atoms with Gasteiger partial charge >= 0.3 is 0 Å². The van der Waals surface area contributed by atoms with Crippen molar-refractivity contribution in [3.8, 4) is 11.1 Å². The number of benzene rings is 2. The van der Waals surface area contributed by atoms with E-state index in [1.54, 1.807) is 18.2 Å². The van der Waals surface area contributed by atoms with Crippen LogP contribution >= 0.6 is 0 Å². The van der Waals surface area contributed by atoms with Crippen LogP contribution in [0.5, 0.6) is 0 Å². The molecular formula is C17H18N2O3S. The van der Waals surface area contributed by atoms with E-state index in [1.807, 2.05) is 50.2 Å². The minimum Gasteiger partial charge on any atom is -0.375 e. The molecule has 1 aliphatic heterocycles. The van der Waals surface area contributed by atoms with E-state index < -0.39 is 16.3 Å². The summed E-state index contributed by atoms with van der Waals surface area (Å²) in [6.45, 7) is 3.69. The van der Waals surface area contributed by atoms with Crippen molar-refractivity contribution in [2.75, 3.05) is 0 Å². The van der Waals surface area contributed by atoms with Gasteiger partial charge in [0.05, 0.1) is 16.5 Å². The Bertz CT molecular complexity index is 832. The molecule has 0 spiro atoms. The minimum atomic E-state index is -3.73. The third kappa shape index (κ3) is 3.13. The number of hydrogen-bond acceptors (Lipinski definition) is 4. The molecule has 2 unspecified atom stereocenters. The number of nitrogens with zero attached hydrogens (tertiary/aromatic N) is 1. The lowest BCUT2D eigenvalue weighted by Gasteiger charge is -2.17. The highest BCUT2D eigenvalue weighted by Crippen LogP contribution is 2.28. The molecule has 0 bridgehead atoms. The summed E-state index contributed by atoms with van der Waals surface area (Å²) in [5.74, 6) is -0.103. The van der Waals surface area contributed by atoms with E-state index in [-0.39, 0.29) is 10.8 Å². The van der Waals surface area contributed by atoms with Gasteiger partial charge in [-0.15, -0.1) is 0 Å². The molecule has 3 rings (SSSR count). The molecule has 0 radical (unpaired) electrons. The molecule has 120 valence electrons. The number of rotatable bonds is 4. The zero-order valence-corrected chi connectivity index (χ0v) is 13.7. The molecule has 2 atom stereocenters. The molecule has 6 heteroatoms. The maximum Gasteiger partial charge on any atom is 0.244 e. The van der Waals surface area contributed by atoms with Crippen LogP contribution in [0.1, 0.15) is 13.8 Å². The summed E-state index contributed by atoms with van der Waals surface area (Å²) in [6.07, 6.45) is -0.677. The molecule has 1 aliphatic rings. The van der Waals surface area contributed by atoms with Crippen LogP contribution in [0.3, 0.4) is 0 Å². The Labute approximate surface area is 136 Å². The van der Waals surface area contributed by atoms with Crippen molar-refractivity contribution < 1.29 is 13.3 Å². The normalized spacial score (nSPS) is 20.9. The van der Waals surface area contributed by atoms with Gasteiger partial charge in [0.25, 0.3) is 0 Å². The van der Waals surface area contributed by atoms with E-state index in [4.69, 9.17) is 4.84 Å². The first kappa shape index (κ1) is 15.7. The van der Waals surface area contributed by atoms with Crippen molar-refractivity contribution in [2.45, 2.75) is 25.0 Å². The lowest BCUT2D eigenvalue weighted by atomic mass is 10.1. The van der Waals surface area contributed by atoms with Gasteiger partial charge in [-0.1, -0.05) is 60.6 Å². The van der Waals surface area contributed by atoms with Crippen LogP contribution in [0.4, 0.5) is 0 Å².